The first-order valence-electron chi connectivity index (χ1n) is 5.60. The molecule has 3 nitrogen and oxygen atoms in total. The second-order valence-corrected chi connectivity index (χ2v) is 6.23. The van der Waals surface area contributed by atoms with Gasteiger partial charge in [-0.1, -0.05) is 15.9 Å². The lowest BCUT2D eigenvalue weighted by Crippen LogP contribution is -2.37. The van der Waals surface area contributed by atoms with Crippen LogP contribution in [0.1, 0.15) is 23.2 Å². The number of anilines is 1. The predicted molar refractivity (Wildman–Crippen MR) is 76.4 cm³/mol. The van der Waals surface area contributed by atoms with E-state index in [1.807, 2.05) is 17.8 Å². The zero-order valence-corrected chi connectivity index (χ0v) is 11.8. The van der Waals surface area contributed by atoms with Crippen LogP contribution in [0.5, 0.6) is 0 Å². The van der Waals surface area contributed by atoms with Gasteiger partial charge >= 0.3 is 0 Å². The number of nitrogens with one attached hydrogen (secondary N) is 1. The number of rotatable bonds is 2. The highest BCUT2D eigenvalue weighted by molar-refractivity contribution is 9.10. The van der Waals surface area contributed by atoms with Crippen LogP contribution in [0, 0.1) is 0 Å². The fraction of sp³-hybridized carbons (Fsp3) is 0.417. The van der Waals surface area contributed by atoms with Crippen molar-refractivity contribution in [2.75, 3.05) is 17.2 Å². The van der Waals surface area contributed by atoms with Gasteiger partial charge in [0.25, 0.3) is 5.91 Å². The van der Waals surface area contributed by atoms with Gasteiger partial charge in [-0.05, 0) is 42.5 Å². The van der Waals surface area contributed by atoms with E-state index in [2.05, 4.69) is 21.2 Å². The minimum Gasteiger partial charge on any atom is -0.398 e. The van der Waals surface area contributed by atoms with E-state index in [4.69, 9.17) is 5.73 Å². The molecule has 1 heterocycles. The Balaban J connectivity index is 2.05. The highest BCUT2D eigenvalue weighted by Crippen LogP contribution is 2.20. The van der Waals surface area contributed by atoms with E-state index in [0.29, 0.717) is 17.3 Å². The van der Waals surface area contributed by atoms with E-state index in [1.165, 1.54) is 0 Å². The molecule has 1 fully saturated rings. The van der Waals surface area contributed by atoms with Crippen molar-refractivity contribution < 1.29 is 4.79 Å². The number of benzene rings is 1. The zero-order chi connectivity index (χ0) is 12.3. The lowest BCUT2D eigenvalue weighted by molar-refractivity contribution is 0.0935. The van der Waals surface area contributed by atoms with Gasteiger partial charge in [0.05, 0.1) is 5.56 Å². The molecule has 0 unspecified atom stereocenters. The lowest BCUT2D eigenvalue weighted by Gasteiger charge is -2.22. The van der Waals surface area contributed by atoms with Crippen LogP contribution in [0.15, 0.2) is 22.7 Å². The molecule has 5 heteroatoms. The van der Waals surface area contributed by atoms with Crippen molar-refractivity contribution in [3.05, 3.63) is 28.2 Å². The number of carbonyl (C=O) groups is 1. The third kappa shape index (κ3) is 3.39. The van der Waals surface area contributed by atoms with Crippen LogP contribution >= 0.6 is 27.7 Å². The highest BCUT2D eigenvalue weighted by Gasteiger charge is 2.18. The van der Waals surface area contributed by atoms with Gasteiger partial charge in [0.1, 0.15) is 0 Å². The van der Waals surface area contributed by atoms with Crippen molar-refractivity contribution in [3.63, 3.8) is 0 Å². The molecule has 0 bridgehead atoms. The van der Waals surface area contributed by atoms with Crippen molar-refractivity contribution in [1.29, 1.82) is 0 Å². The van der Waals surface area contributed by atoms with E-state index in [9.17, 15) is 4.79 Å². The van der Waals surface area contributed by atoms with Crippen LogP contribution in [0.25, 0.3) is 0 Å². The molecule has 1 aliphatic heterocycles. The summed E-state index contributed by atoms with van der Waals surface area (Å²) in [4.78, 5) is 12.1. The maximum absolute atomic E-state index is 12.1. The fourth-order valence-electron chi connectivity index (χ4n) is 1.83. The summed E-state index contributed by atoms with van der Waals surface area (Å²) in [6.45, 7) is 0. The van der Waals surface area contributed by atoms with Crippen LogP contribution in [0.4, 0.5) is 5.69 Å². The fourth-order valence-corrected chi connectivity index (χ4v) is 3.30. The quantitative estimate of drug-likeness (QED) is 0.825. The number of halogens is 1. The average molecular weight is 315 g/mol. The highest BCUT2D eigenvalue weighted by atomic mass is 79.9. The summed E-state index contributed by atoms with van der Waals surface area (Å²) in [5.74, 6) is 2.18. The maximum atomic E-state index is 12.1. The summed E-state index contributed by atoms with van der Waals surface area (Å²) in [6, 6.07) is 5.64. The van der Waals surface area contributed by atoms with Crippen molar-refractivity contribution in [2.45, 2.75) is 18.9 Å². The van der Waals surface area contributed by atoms with Gasteiger partial charge in [-0.2, -0.15) is 11.8 Å². The molecule has 1 aliphatic rings. The molecule has 92 valence electrons. The van der Waals surface area contributed by atoms with E-state index in [-0.39, 0.29) is 5.91 Å². The standard InChI is InChI=1S/C12H15BrN2OS/c13-8-1-2-11(14)10(7-8)12(16)15-9-3-5-17-6-4-9/h1-2,7,9H,3-6,14H2,(H,15,16). The van der Waals surface area contributed by atoms with Gasteiger partial charge < -0.3 is 11.1 Å². The van der Waals surface area contributed by atoms with Gasteiger partial charge in [0.2, 0.25) is 0 Å². The first kappa shape index (κ1) is 12.8. The molecule has 0 atom stereocenters. The second-order valence-electron chi connectivity index (χ2n) is 4.09. The molecule has 0 aliphatic carbocycles. The number of hydrogen-bond acceptors (Lipinski definition) is 3. The van der Waals surface area contributed by atoms with Gasteiger partial charge in [-0.15, -0.1) is 0 Å². The van der Waals surface area contributed by atoms with Gasteiger partial charge in [-0.3, -0.25) is 4.79 Å². The Morgan fingerprint density at radius 1 is 1.41 bits per heavy atom. The predicted octanol–water partition coefficient (Wildman–Crippen LogP) is 2.66. The SMILES string of the molecule is Nc1ccc(Br)cc1C(=O)NC1CCSCC1. The molecule has 1 amide bonds. The zero-order valence-electron chi connectivity index (χ0n) is 9.41. The number of nitrogen functional groups attached to an aromatic ring is 1. The van der Waals surface area contributed by atoms with Crippen LogP contribution < -0.4 is 11.1 Å². The lowest BCUT2D eigenvalue weighted by atomic mass is 10.1. The Morgan fingerprint density at radius 2 is 2.12 bits per heavy atom. The topological polar surface area (TPSA) is 55.1 Å². The summed E-state index contributed by atoms with van der Waals surface area (Å²) in [6.07, 6.45) is 2.09. The Labute approximate surface area is 114 Å². The Kier molecular flexibility index (Phi) is 4.34. The summed E-state index contributed by atoms with van der Waals surface area (Å²) in [5.41, 5.74) is 6.89. The van der Waals surface area contributed by atoms with Gasteiger partial charge in [-0.25, -0.2) is 0 Å². The van der Waals surface area contributed by atoms with Crippen molar-refractivity contribution in [2.24, 2.45) is 0 Å². The van der Waals surface area contributed by atoms with Gasteiger partial charge in [0, 0.05) is 16.2 Å². The first-order valence-corrected chi connectivity index (χ1v) is 7.55. The molecule has 0 aromatic heterocycles. The molecule has 17 heavy (non-hydrogen) atoms. The Hall–Kier alpha value is -0.680. The summed E-state index contributed by atoms with van der Waals surface area (Å²) in [5, 5.41) is 3.05. The molecule has 1 saturated heterocycles. The molecular weight excluding hydrogens is 300 g/mol. The van der Waals surface area contributed by atoms with E-state index >= 15 is 0 Å². The van der Waals surface area contributed by atoms with Crippen LogP contribution in [-0.2, 0) is 0 Å². The normalized spacial score (nSPS) is 16.8. The second kappa shape index (κ2) is 5.78. The minimum atomic E-state index is -0.0688. The largest absolute Gasteiger partial charge is 0.398 e. The number of thioether (sulfide) groups is 1. The van der Waals surface area contributed by atoms with Crippen LogP contribution in [0.3, 0.4) is 0 Å². The van der Waals surface area contributed by atoms with Crippen molar-refractivity contribution in [3.8, 4) is 0 Å². The smallest absolute Gasteiger partial charge is 0.253 e. The van der Waals surface area contributed by atoms with Crippen molar-refractivity contribution >= 4 is 39.3 Å². The molecule has 1 aromatic carbocycles. The maximum Gasteiger partial charge on any atom is 0.253 e. The van der Waals surface area contributed by atoms with E-state index in [0.717, 1.165) is 28.8 Å². The number of nitrogens with two attached hydrogens (primary N) is 1. The molecule has 3 N–H and O–H groups in total. The average Bonchev–Trinajstić information content (AvgIpc) is 2.33. The Bertz CT molecular complexity index is 419. The van der Waals surface area contributed by atoms with Crippen molar-refractivity contribution in [1.82, 2.24) is 5.32 Å². The molecule has 0 saturated carbocycles. The molecular formula is C12H15BrN2OS. The minimum absolute atomic E-state index is 0.0688. The molecule has 1 aromatic rings. The van der Waals surface area contributed by atoms with Gasteiger partial charge in [0.15, 0.2) is 0 Å². The first-order chi connectivity index (χ1) is 8.16. The van der Waals surface area contributed by atoms with E-state index < -0.39 is 0 Å². The summed E-state index contributed by atoms with van der Waals surface area (Å²) < 4.78 is 0.871. The molecule has 2 rings (SSSR count). The van der Waals surface area contributed by atoms with Crippen LogP contribution in [-0.4, -0.2) is 23.5 Å². The number of amides is 1. The van der Waals surface area contributed by atoms with Crippen LogP contribution in [0.2, 0.25) is 0 Å². The molecule has 0 spiro atoms. The van der Waals surface area contributed by atoms with E-state index in [1.54, 1.807) is 12.1 Å². The third-order valence-corrected chi connectivity index (χ3v) is 4.36. The Morgan fingerprint density at radius 3 is 2.82 bits per heavy atom. The number of hydrogen-bond donors (Lipinski definition) is 2. The summed E-state index contributed by atoms with van der Waals surface area (Å²) >= 11 is 5.29. The third-order valence-electron chi connectivity index (χ3n) is 2.82. The molecule has 0 radical (unpaired) electrons. The monoisotopic (exact) mass is 314 g/mol. The number of carbonyl (C=O) groups excluding carboxylic acids is 1. The summed E-state index contributed by atoms with van der Waals surface area (Å²) in [7, 11) is 0.